The summed E-state index contributed by atoms with van der Waals surface area (Å²) in [4.78, 5) is 12.3. The Bertz CT molecular complexity index is 837. The van der Waals surface area contributed by atoms with Crippen molar-refractivity contribution >= 4 is 11.0 Å². The average molecular weight is 286 g/mol. The van der Waals surface area contributed by atoms with Crippen molar-refractivity contribution < 1.29 is 18.3 Å². The van der Waals surface area contributed by atoms with E-state index in [1.807, 2.05) is 0 Å². The van der Waals surface area contributed by atoms with Crippen LogP contribution in [-0.2, 0) is 0 Å². The highest BCUT2D eigenvalue weighted by Crippen LogP contribution is 2.23. The van der Waals surface area contributed by atoms with Crippen LogP contribution in [0.3, 0.4) is 0 Å². The van der Waals surface area contributed by atoms with Crippen molar-refractivity contribution in [2.45, 2.75) is 0 Å². The number of fused-ring (bicyclic) bond motifs is 1. The molecule has 21 heavy (non-hydrogen) atoms. The van der Waals surface area contributed by atoms with Gasteiger partial charge in [-0.15, -0.1) is 0 Å². The molecule has 0 bridgehead atoms. The highest BCUT2D eigenvalue weighted by molar-refractivity contribution is 5.79. The number of methoxy groups -OCH3 is 1. The molecule has 0 N–H and O–H groups in total. The van der Waals surface area contributed by atoms with Crippen LogP contribution >= 0.6 is 0 Å². The van der Waals surface area contributed by atoms with Crippen molar-refractivity contribution in [1.29, 1.82) is 0 Å². The molecule has 1 heterocycles. The van der Waals surface area contributed by atoms with E-state index in [9.17, 15) is 9.18 Å². The van der Waals surface area contributed by atoms with Crippen LogP contribution in [0.2, 0.25) is 0 Å². The third-order valence-electron chi connectivity index (χ3n) is 2.99. The Balaban J connectivity index is 2.02. The zero-order valence-electron chi connectivity index (χ0n) is 11.1. The largest absolute Gasteiger partial charge is 0.497 e. The molecule has 0 radical (unpaired) electrons. The first-order valence-electron chi connectivity index (χ1n) is 6.20. The standard InChI is InChI=1S/C16H11FO4/c1-19-12-6-7-13-14(8-12)20-9-15(16(13)18)21-11-4-2-10(17)3-5-11/h2-9H,1H3. The molecular formula is C16H11FO4. The Morgan fingerprint density at radius 2 is 1.76 bits per heavy atom. The smallest absolute Gasteiger partial charge is 0.235 e. The lowest BCUT2D eigenvalue weighted by Gasteiger charge is -2.06. The van der Waals surface area contributed by atoms with Gasteiger partial charge in [-0.25, -0.2) is 4.39 Å². The SMILES string of the molecule is COc1ccc2c(=O)c(Oc3ccc(F)cc3)coc2c1. The van der Waals surface area contributed by atoms with Crippen LogP contribution in [-0.4, -0.2) is 7.11 Å². The molecule has 0 unspecified atom stereocenters. The summed E-state index contributed by atoms with van der Waals surface area (Å²) in [5.41, 5.74) is 0.106. The van der Waals surface area contributed by atoms with Crippen LogP contribution in [0.4, 0.5) is 4.39 Å². The second-order valence-corrected chi connectivity index (χ2v) is 4.35. The van der Waals surface area contributed by atoms with E-state index in [2.05, 4.69) is 0 Å². The highest BCUT2D eigenvalue weighted by atomic mass is 19.1. The number of hydrogen-bond donors (Lipinski definition) is 0. The van der Waals surface area contributed by atoms with E-state index in [0.717, 1.165) is 0 Å². The van der Waals surface area contributed by atoms with Crippen molar-refractivity contribution in [1.82, 2.24) is 0 Å². The van der Waals surface area contributed by atoms with Gasteiger partial charge in [0, 0.05) is 6.07 Å². The highest BCUT2D eigenvalue weighted by Gasteiger charge is 2.10. The molecule has 0 fully saturated rings. The molecule has 0 aliphatic heterocycles. The van der Waals surface area contributed by atoms with Crippen LogP contribution in [0.5, 0.6) is 17.2 Å². The summed E-state index contributed by atoms with van der Waals surface area (Å²) in [6, 6.07) is 10.3. The van der Waals surface area contributed by atoms with Crippen LogP contribution in [0.15, 0.2) is 57.9 Å². The van der Waals surface area contributed by atoms with E-state index in [-0.39, 0.29) is 17.0 Å². The van der Waals surface area contributed by atoms with Gasteiger partial charge >= 0.3 is 0 Å². The fraction of sp³-hybridized carbons (Fsp3) is 0.0625. The Morgan fingerprint density at radius 3 is 2.48 bits per heavy atom. The molecule has 3 aromatic rings. The maximum absolute atomic E-state index is 12.8. The second-order valence-electron chi connectivity index (χ2n) is 4.35. The molecule has 0 aliphatic carbocycles. The average Bonchev–Trinajstić information content (AvgIpc) is 2.52. The number of hydrogen-bond acceptors (Lipinski definition) is 4. The summed E-state index contributed by atoms with van der Waals surface area (Å²) in [7, 11) is 1.53. The summed E-state index contributed by atoms with van der Waals surface area (Å²) in [6.07, 6.45) is 1.23. The van der Waals surface area contributed by atoms with Gasteiger partial charge in [0.25, 0.3) is 0 Å². The maximum atomic E-state index is 12.8. The Labute approximate surface area is 119 Å². The first-order valence-corrected chi connectivity index (χ1v) is 6.20. The van der Waals surface area contributed by atoms with Gasteiger partial charge in [-0.05, 0) is 36.4 Å². The molecule has 0 atom stereocenters. The minimum absolute atomic E-state index is 0.0410. The molecule has 0 amide bonds. The quantitative estimate of drug-likeness (QED) is 0.736. The molecule has 2 aromatic carbocycles. The summed E-state index contributed by atoms with van der Waals surface area (Å²) < 4.78 is 28.7. The van der Waals surface area contributed by atoms with E-state index in [4.69, 9.17) is 13.9 Å². The summed E-state index contributed by atoms with van der Waals surface area (Å²) >= 11 is 0. The number of ether oxygens (including phenoxy) is 2. The second kappa shape index (κ2) is 5.28. The summed E-state index contributed by atoms with van der Waals surface area (Å²) in [5.74, 6) is 0.619. The van der Waals surface area contributed by atoms with E-state index < -0.39 is 0 Å². The number of benzene rings is 2. The van der Waals surface area contributed by atoms with E-state index in [1.54, 1.807) is 18.2 Å². The predicted octanol–water partition coefficient (Wildman–Crippen LogP) is 3.73. The van der Waals surface area contributed by atoms with Crippen molar-refractivity contribution in [3.8, 4) is 17.2 Å². The van der Waals surface area contributed by atoms with Crippen molar-refractivity contribution in [3.63, 3.8) is 0 Å². The molecule has 106 valence electrons. The van der Waals surface area contributed by atoms with Gasteiger partial charge in [0.1, 0.15) is 29.2 Å². The summed E-state index contributed by atoms with van der Waals surface area (Å²) in [5, 5.41) is 0.385. The minimum atomic E-state index is -0.375. The molecule has 0 spiro atoms. The molecule has 4 nitrogen and oxygen atoms in total. The van der Waals surface area contributed by atoms with Gasteiger partial charge in [0.15, 0.2) is 0 Å². The van der Waals surface area contributed by atoms with Gasteiger partial charge in [-0.2, -0.15) is 0 Å². The Kier molecular flexibility index (Phi) is 3.31. The third kappa shape index (κ3) is 2.58. The van der Waals surface area contributed by atoms with Gasteiger partial charge in [-0.1, -0.05) is 0 Å². The molecular weight excluding hydrogens is 275 g/mol. The van der Waals surface area contributed by atoms with E-state index >= 15 is 0 Å². The summed E-state index contributed by atoms with van der Waals surface area (Å²) in [6.45, 7) is 0. The first-order chi connectivity index (χ1) is 10.2. The van der Waals surface area contributed by atoms with Crippen LogP contribution < -0.4 is 14.9 Å². The molecule has 0 saturated carbocycles. The fourth-order valence-corrected chi connectivity index (χ4v) is 1.92. The molecule has 1 aromatic heterocycles. The van der Waals surface area contributed by atoms with E-state index in [0.29, 0.717) is 22.5 Å². The van der Waals surface area contributed by atoms with Gasteiger partial charge in [0.05, 0.1) is 12.5 Å². The predicted molar refractivity (Wildman–Crippen MR) is 75.5 cm³/mol. The zero-order chi connectivity index (χ0) is 14.8. The van der Waals surface area contributed by atoms with Gasteiger partial charge < -0.3 is 13.9 Å². The number of halogens is 1. The lowest BCUT2D eigenvalue weighted by atomic mass is 10.2. The lowest BCUT2D eigenvalue weighted by molar-refractivity contribution is 0.413. The lowest BCUT2D eigenvalue weighted by Crippen LogP contribution is -2.04. The van der Waals surface area contributed by atoms with E-state index in [1.165, 1.54) is 37.6 Å². The molecule has 0 saturated heterocycles. The van der Waals surface area contributed by atoms with Crippen molar-refractivity contribution in [2.75, 3.05) is 7.11 Å². The van der Waals surface area contributed by atoms with Gasteiger partial charge in [0.2, 0.25) is 11.2 Å². The monoisotopic (exact) mass is 286 g/mol. The minimum Gasteiger partial charge on any atom is -0.497 e. The topological polar surface area (TPSA) is 48.7 Å². The van der Waals surface area contributed by atoms with Crippen LogP contribution in [0.1, 0.15) is 0 Å². The zero-order valence-corrected chi connectivity index (χ0v) is 11.1. The van der Waals surface area contributed by atoms with Gasteiger partial charge in [-0.3, -0.25) is 4.79 Å². The molecule has 5 heteroatoms. The molecule has 3 rings (SSSR count). The van der Waals surface area contributed by atoms with Crippen molar-refractivity contribution in [3.05, 3.63) is 64.8 Å². The maximum Gasteiger partial charge on any atom is 0.235 e. The first kappa shape index (κ1) is 13.2. The third-order valence-corrected chi connectivity index (χ3v) is 2.99. The Morgan fingerprint density at radius 1 is 1.05 bits per heavy atom. The fourth-order valence-electron chi connectivity index (χ4n) is 1.92. The van der Waals surface area contributed by atoms with Crippen LogP contribution in [0.25, 0.3) is 11.0 Å². The Hall–Kier alpha value is -2.82. The van der Waals surface area contributed by atoms with Crippen molar-refractivity contribution in [2.24, 2.45) is 0 Å². The van der Waals surface area contributed by atoms with Crippen LogP contribution in [0, 0.1) is 5.82 Å². The normalized spacial score (nSPS) is 10.6. The number of rotatable bonds is 3. The molecule has 0 aliphatic rings.